The second-order valence-corrected chi connectivity index (χ2v) is 6.00. The molecule has 2 unspecified atom stereocenters. The molecule has 1 saturated heterocycles. The zero-order valence-corrected chi connectivity index (χ0v) is 11.7. The first-order valence-corrected chi connectivity index (χ1v) is 7.03. The van der Waals surface area contributed by atoms with Crippen molar-refractivity contribution in [1.29, 1.82) is 0 Å². The molecule has 5 heteroatoms. The minimum Gasteiger partial charge on any atom is -0.323 e. The normalized spacial score (nSPS) is 25.1. The molecule has 1 aromatic heterocycles. The van der Waals surface area contributed by atoms with Crippen molar-refractivity contribution in [3.05, 3.63) is 16.1 Å². The van der Waals surface area contributed by atoms with Crippen LogP contribution in [-0.2, 0) is 6.42 Å². The number of nitrogens with two attached hydrogens (primary N) is 1. The molecule has 1 aliphatic rings. The molecule has 96 valence electrons. The number of piperazine rings is 1. The van der Waals surface area contributed by atoms with Gasteiger partial charge in [0.2, 0.25) is 0 Å². The van der Waals surface area contributed by atoms with Gasteiger partial charge in [0.05, 0.1) is 10.7 Å². The highest BCUT2D eigenvalue weighted by Crippen LogP contribution is 2.18. The molecule has 0 amide bonds. The largest absolute Gasteiger partial charge is 0.323 e. The summed E-state index contributed by atoms with van der Waals surface area (Å²) in [5.74, 6) is 0. The third-order valence-electron chi connectivity index (χ3n) is 3.43. The molecule has 0 saturated carbocycles. The fraction of sp³-hybridized carbons (Fsp3) is 0.750. The predicted molar refractivity (Wildman–Crippen MR) is 72.3 cm³/mol. The molecular formula is C12H22N4S. The van der Waals surface area contributed by atoms with Gasteiger partial charge in [-0.2, -0.15) is 0 Å². The molecule has 2 heterocycles. The Balaban J connectivity index is 1.98. The van der Waals surface area contributed by atoms with E-state index in [1.54, 1.807) is 11.3 Å². The third kappa shape index (κ3) is 3.25. The van der Waals surface area contributed by atoms with Crippen molar-refractivity contribution in [2.75, 3.05) is 33.7 Å². The summed E-state index contributed by atoms with van der Waals surface area (Å²) in [5, 5.41) is 3.30. The molecule has 1 aliphatic heterocycles. The summed E-state index contributed by atoms with van der Waals surface area (Å²) in [6.07, 6.45) is 1.04. The Morgan fingerprint density at radius 2 is 2.29 bits per heavy atom. The van der Waals surface area contributed by atoms with Gasteiger partial charge in [-0.15, -0.1) is 11.3 Å². The Kier molecular flexibility index (Phi) is 4.14. The number of rotatable bonds is 3. The molecule has 0 bridgehead atoms. The SMILES string of the molecule is CC(N)c1csc(CC2CN(C)CCN2C)n1. The predicted octanol–water partition coefficient (Wildman–Crippen LogP) is 0.951. The Bertz CT molecular complexity index is 363. The molecule has 1 aromatic rings. The molecule has 0 radical (unpaired) electrons. The minimum atomic E-state index is 0.0479. The highest BCUT2D eigenvalue weighted by Gasteiger charge is 2.23. The Hall–Kier alpha value is -0.490. The average Bonchev–Trinajstić information content (AvgIpc) is 2.72. The van der Waals surface area contributed by atoms with Crippen molar-refractivity contribution >= 4 is 11.3 Å². The minimum absolute atomic E-state index is 0.0479. The van der Waals surface area contributed by atoms with E-state index < -0.39 is 0 Å². The van der Waals surface area contributed by atoms with Crippen LogP contribution < -0.4 is 5.73 Å². The summed E-state index contributed by atoms with van der Waals surface area (Å²) in [7, 11) is 4.40. The Morgan fingerprint density at radius 3 is 2.94 bits per heavy atom. The van der Waals surface area contributed by atoms with E-state index in [1.165, 1.54) is 5.01 Å². The zero-order valence-electron chi connectivity index (χ0n) is 10.9. The Labute approximate surface area is 107 Å². The first-order chi connectivity index (χ1) is 8.06. The van der Waals surface area contributed by atoms with Crippen LogP contribution in [0, 0.1) is 0 Å². The third-order valence-corrected chi connectivity index (χ3v) is 4.32. The molecule has 2 rings (SSSR count). The van der Waals surface area contributed by atoms with E-state index in [0.717, 1.165) is 31.7 Å². The van der Waals surface area contributed by atoms with Gasteiger partial charge in [0.15, 0.2) is 0 Å². The van der Waals surface area contributed by atoms with Gasteiger partial charge in [0.25, 0.3) is 0 Å². The highest BCUT2D eigenvalue weighted by atomic mass is 32.1. The van der Waals surface area contributed by atoms with Gasteiger partial charge in [-0.25, -0.2) is 4.98 Å². The second-order valence-electron chi connectivity index (χ2n) is 5.06. The van der Waals surface area contributed by atoms with Gasteiger partial charge in [-0.05, 0) is 21.0 Å². The summed E-state index contributed by atoms with van der Waals surface area (Å²) in [5.41, 5.74) is 6.86. The summed E-state index contributed by atoms with van der Waals surface area (Å²) in [6, 6.07) is 0.632. The van der Waals surface area contributed by atoms with E-state index in [0.29, 0.717) is 6.04 Å². The molecule has 2 atom stereocenters. The first kappa shape index (κ1) is 13.0. The fourth-order valence-corrected chi connectivity index (χ4v) is 3.12. The van der Waals surface area contributed by atoms with Gasteiger partial charge in [-0.3, -0.25) is 0 Å². The molecule has 0 aromatic carbocycles. The van der Waals surface area contributed by atoms with Gasteiger partial charge >= 0.3 is 0 Å². The van der Waals surface area contributed by atoms with Crippen LogP contribution in [0.15, 0.2) is 5.38 Å². The smallest absolute Gasteiger partial charge is 0.0945 e. The maximum absolute atomic E-state index is 5.84. The van der Waals surface area contributed by atoms with Gasteiger partial charge in [0.1, 0.15) is 0 Å². The number of likely N-dealkylation sites (N-methyl/N-ethyl adjacent to an activating group) is 2. The molecular weight excluding hydrogens is 232 g/mol. The molecule has 2 N–H and O–H groups in total. The summed E-state index contributed by atoms with van der Waals surface area (Å²) in [6.45, 7) is 5.42. The van der Waals surface area contributed by atoms with Crippen LogP contribution in [0.2, 0.25) is 0 Å². The molecule has 0 aliphatic carbocycles. The van der Waals surface area contributed by atoms with Crippen molar-refractivity contribution in [2.45, 2.75) is 25.4 Å². The van der Waals surface area contributed by atoms with E-state index in [2.05, 4.69) is 34.3 Å². The highest BCUT2D eigenvalue weighted by molar-refractivity contribution is 7.09. The van der Waals surface area contributed by atoms with Crippen molar-refractivity contribution in [3.8, 4) is 0 Å². The molecule has 4 nitrogen and oxygen atoms in total. The monoisotopic (exact) mass is 254 g/mol. The molecule has 17 heavy (non-hydrogen) atoms. The molecule has 0 spiro atoms. The zero-order chi connectivity index (χ0) is 12.4. The van der Waals surface area contributed by atoms with Crippen LogP contribution in [0.3, 0.4) is 0 Å². The maximum Gasteiger partial charge on any atom is 0.0945 e. The topological polar surface area (TPSA) is 45.4 Å². The van der Waals surface area contributed by atoms with Gasteiger partial charge in [0, 0.05) is 43.5 Å². The average molecular weight is 254 g/mol. The van der Waals surface area contributed by atoms with E-state index in [1.807, 2.05) is 6.92 Å². The lowest BCUT2D eigenvalue weighted by atomic mass is 10.1. The lowest BCUT2D eigenvalue weighted by molar-refractivity contribution is 0.114. The van der Waals surface area contributed by atoms with Gasteiger partial charge < -0.3 is 15.5 Å². The first-order valence-electron chi connectivity index (χ1n) is 6.15. The summed E-state index contributed by atoms with van der Waals surface area (Å²) in [4.78, 5) is 9.44. The van der Waals surface area contributed by atoms with Crippen LogP contribution in [-0.4, -0.2) is 54.6 Å². The lowest BCUT2D eigenvalue weighted by Crippen LogP contribution is -2.50. The number of hydrogen-bond acceptors (Lipinski definition) is 5. The van der Waals surface area contributed by atoms with E-state index in [4.69, 9.17) is 5.73 Å². The summed E-state index contributed by atoms with van der Waals surface area (Å²) < 4.78 is 0. The van der Waals surface area contributed by atoms with Gasteiger partial charge in [-0.1, -0.05) is 0 Å². The van der Waals surface area contributed by atoms with Crippen LogP contribution in [0.5, 0.6) is 0 Å². The lowest BCUT2D eigenvalue weighted by Gasteiger charge is -2.37. The standard InChI is InChI=1S/C12H22N4S/c1-9(13)11-8-17-12(14-11)6-10-7-15(2)4-5-16(10)3/h8-10H,4-7,13H2,1-3H3. The van der Waals surface area contributed by atoms with Crippen molar-refractivity contribution in [2.24, 2.45) is 5.73 Å². The van der Waals surface area contributed by atoms with Crippen LogP contribution in [0.1, 0.15) is 23.7 Å². The second kappa shape index (κ2) is 5.44. The number of aromatic nitrogens is 1. The number of thiazole rings is 1. The van der Waals surface area contributed by atoms with E-state index in [-0.39, 0.29) is 6.04 Å². The van der Waals surface area contributed by atoms with Crippen LogP contribution in [0.25, 0.3) is 0 Å². The van der Waals surface area contributed by atoms with E-state index in [9.17, 15) is 0 Å². The Morgan fingerprint density at radius 1 is 1.53 bits per heavy atom. The fourth-order valence-electron chi connectivity index (χ4n) is 2.15. The maximum atomic E-state index is 5.84. The van der Waals surface area contributed by atoms with Crippen molar-refractivity contribution < 1.29 is 0 Å². The summed E-state index contributed by atoms with van der Waals surface area (Å²) >= 11 is 1.74. The van der Waals surface area contributed by atoms with Crippen LogP contribution in [0.4, 0.5) is 0 Å². The van der Waals surface area contributed by atoms with Crippen molar-refractivity contribution in [3.63, 3.8) is 0 Å². The number of hydrogen-bond donors (Lipinski definition) is 1. The van der Waals surface area contributed by atoms with E-state index >= 15 is 0 Å². The number of nitrogens with zero attached hydrogens (tertiary/aromatic N) is 3. The van der Waals surface area contributed by atoms with Crippen molar-refractivity contribution in [1.82, 2.24) is 14.8 Å². The molecule has 1 fully saturated rings. The van der Waals surface area contributed by atoms with Crippen LogP contribution >= 0.6 is 11.3 Å². The quantitative estimate of drug-likeness (QED) is 0.872.